The maximum atomic E-state index is 6.29. The summed E-state index contributed by atoms with van der Waals surface area (Å²) in [5.41, 5.74) is 8.90. The third-order valence-electron chi connectivity index (χ3n) is 4.23. The first kappa shape index (κ1) is 13.6. The van der Waals surface area contributed by atoms with Crippen molar-refractivity contribution >= 4 is 0 Å². The lowest BCUT2D eigenvalue weighted by molar-refractivity contribution is 0.301. The van der Waals surface area contributed by atoms with Crippen LogP contribution in [0.4, 0.5) is 0 Å². The molecule has 2 heteroatoms. The molecule has 1 fully saturated rings. The first-order valence-electron chi connectivity index (χ1n) is 7.07. The Morgan fingerprint density at radius 2 is 2.06 bits per heavy atom. The second-order valence-electron chi connectivity index (χ2n) is 5.99. The maximum Gasteiger partial charge on any atom is 0.0309 e. The van der Waals surface area contributed by atoms with Crippen LogP contribution in [-0.2, 0) is 0 Å². The molecule has 2 nitrogen and oxygen atoms in total. The summed E-state index contributed by atoms with van der Waals surface area (Å²) in [5.74, 6) is 1.88. The van der Waals surface area contributed by atoms with Gasteiger partial charge < -0.3 is 10.6 Å². The van der Waals surface area contributed by atoms with Crippen LogP contribution in [-0.4, -0.2) is 25.0 Å². The van der Waals surface area contributed by atoms with Crippen molar-refractivity contribution in [1.82, 2.24) is 4.90 Å². The first-order chi connectivity index (χ1) is 8.58. The Labute approximate surface area is 111 Å². The number of hydrogen-bond acceptors (Lipinski definition) is 2. The van der Waals surface area contributed by atoms with Crippen LogP contribution in [0.2, 0.25) is 0 Å². The molecule has 0 spiro atoms. The fourth-order valence-electron chi connectivity index (χ4n) is 2.66. The summed E-state index contributed by atoms with van der Waals surface area (Å²) in [6.07, 6.45) is 2.46. The molecule has 18 heavy (non-hydrogen) atoms. The number of hydrogen-bond donors (Lipinski definition) is 1. The highest BCUT2D eigenvalue weighted by Crippen LogP contribution is 2.38. The van der Waals surface area contributed by atoms with Gasteiger partial charge in [-0.15, -0.1) is 0 Å². The number of nitrogens with zero attached hydrogens (tertiary/aromatic N) is 1. The predicted octanol–water partition coefficient (Wildman–Crippen LogP) is 2.97. The summed E-state index contributed by atoms with van der Waals surface area (Å²) in [5, 5.41) is 0. The summed E-state index contributed by atoms with van der Waals surface area (Å²) in [4.78, 5) is 2.44. The van der Waals surface area contributed by atoms with E-state index in [4.69, 9.17) is 5.73 Å². The Morgan fingerprint density at radius 3 is 2.67 bits per heavy atom. The molecule has 1 aliphatic rings. The van der Waals surface area contributed by atoms with E-state index in [2.05, 4.69) is 50.1 Å². The van der Waals surface area contributed by atoms with Gasteiger partial charge in [-0.25, -0.2) is 0 Å². The molecule has 0 saturated heterocycles. The second kappa shape index (κ2) is 5.85. The topological polar surface area (TPSA) is 29.3 Å². The Hall–Kier alpha value is -0.860. The largest absolute Gasteiger partial charge is 0.324 e. The van der Waals surface area contributed by atoms with Crippen molar-refractivity contribution in [3.05, 3.63) is 35.4 Å². The van der Waals surface area contributed by atoms with Gasteiger partial charge in [0, 0.05) is 12.6 Å². The molecule has 3 unspecified atom stereocenters. The molecule has 0 aromatic heterocycles. The van der Waals surface area contributed by atoms with Crippen LogP contribution in [0.1, 0.15) is 36.9 Å². The number of aryl methyl sites for hydroxylation is 1. The van der Waals surface area contributed by atoms with Crippen LogP contribution in [0.25, 0.3) is 0 Å². The van der Waals surface area contributed by atoms with E-state index in [0.29, 0.717) is 0 Å². The van der Waals surface area contributed by atoms with E-state index in [1.54, 1.807) is 0 Å². The molecular weight excluding hydrogens is 220 g/mol. The van der Waals surface area contributed by atoms with Gasteiger partial charge in [-0.3, -0.25) is 0 Å². The van der Waals surface area contributed by atoms with Crippen LogP contribution in [0.3, 0.4) is 0 Å². The molecule has 0 aliphatic heterocycles. The van der Waals surface area contributed by atoms with Crippen LogP contribution in [0.5, 0.6) is 0 Å². The minimum Gasteiger partial charge on any atom is -0.324 e. The van der Waals surface area contributed by atoms with Crippen LogP contribution in [0.15, 0.2) is 24.3 Å². The first-order valence-corrected chi connectivity index (χ1v) is 7.07. The quantitative estimate of drug-likeness (QED) is 0.836. The fraction of sp³-hybridized carbons (Fsp3) is 0.625. The van der Waals surface area contributed by atoms with Crippen molar-refractivity contribution in [3.63, 3.8) is 0 Å². The number of rotatable bonds is 6. The van der Waals surface area contributed by atoms with Gasteiger partial charge in [0.15, 0.2) is 0 Å². The van der Waals surface area contributed by atoms with Crippen LogP contribution in [0, 0.1) is 18.8 Å². The van der Waals surface area contributed by atoms with Crippen molar-refractivity contribution in [2.24, 2.45) is 17.6 Å². The minimum absolute atomic E-state index is 0.172. The van der Waals surface area contributed by atoms with Crippen molar-refractivity contribution < 1.29 is 0 Å². The average molecular weight is 246 g/mol. The standard InChI is InChI=1S/C16H26N2/c1-12-6-4-5-7-15(12)16(17)8-9-18(3)11-14-10-13(14)2/h4-7,13-14,16H,8-11,17H2,1-3H3. The third kappa shape index (κ3) is 3.56. The lowest BCUT2D eigenvalue weighted by Crippen LogP contribution is -2.26. The van der Waals surface area contributed by atoms with Gasteiger partial charge in [-0.2, -0.15) is 0 Å². The van der Waals surface area contributed by atoms with Gasteiger partial charge >= 0.3 is 0 Å². The SMILES string of the molecule is Cc1ccccc1C(N)CCN(C)CC1CC1C. The second-order valence-corrected chi connectivity index (χ2v) is 5.99. The van der Waals surface area contributed by atoms with Gasteiger partial charge in [-0.1, -0.05) is 31.2 Å². The lowest BCUT2D eigenvalue weighted by atomic mass is 9.99. The molecule has 0 amide bonds. The van der Waals surface area contributed by atoms with Crippen LogP contribution >= 0.6 is 0 Å². The van der Waals surface area contributed by atoms with E-state index in [1.165, 1.54) is 24.1 Å². The zero-order valence-corrected chi connectivity index (χ0v) is 11.9. The van der Waals surface area contributed by atoms with E-state index in [0.717, 1.165) is 24.8 Å². The van der Waals surface area contributed by atoms with Crippen molar-refractivity contribution in [2.45, 2.75) is 32.7 Å². The Balaban J connectivity index is 1.77. The van der Waals surface area contributed by atoms with E-state index >= 15 is 0 Å². The highest BCUT2D eigenvalue weighted by Gasteiger charge is 2.32. The smallest absolute Gasteiger partial charge is 0.0309 e. The highest BCUT2D eigenvalue weighted by atomic mass is 15.1. The maximum absolute atomic E-state index is 6.29. The molecule has 100 valence electrons. The molecule has 3 atom stereocenters. The van der Waals surface area contributed by atoms with Gasteiger partial charge in [-0.05, 0) is 56.3 Å². The van der Waals surface area contributed by atoms with Gasteiger partial charge in [0.25, 0.3) is 0 Å². The molecule has 0 radical (unpaired) electrons. The van der Waals surface area contributed by atoms with Crippen LogP contribution < -0.4 is 5.73 Å². The van der Waals surface area contributed by atoms with Gasteiger partial charge in [0.1, 0.15) is 0 Å². The summed E-state index contributed by atoms with van der Waals surface area (Å²) in [6, 6.07) is 8.63. The molecule has 1 aliphatic carbocycles. The van der Waals surface area contributed by atoms with Gasteiger partial charge in [0.05, 0.1) is 0 Å². The third-order valence-corrected chi connectivity index (χ3v) is 4.23. The summed E-state index contributed by atoms with van der Waals surface area (Å²) in [6.45, 7) is 6.82. The molecule has 1 aromatic carbocycles. The Morgan fingerprint density at radius 1 is 1.39 bits per heavy atom. The zero-order chi connectivity index (χ0) is 13.1. The zero-order valence-electron chi connectivity index (χ0n) is 11.9. The molecule has 1 aromatic rings. The highest BCUT2D eigenvalue weighted by molar-refractivity contribution is 5.28. The normalized spacial score (nSPS) is 24.3. The Bertz CT molecular complexity index is 388. The number of nitrogens with two attached hydrogens (primary N) is 1. The monoisotopic (exact) mass is 246 g/mol. The molecule has 2 rings (SSSR count). The Kier molecular flexibility index (Phi) is 4.41. The molecule has 2 N–H and O–H groups in total. The predicted molar refractivity (Wildman–Crippen MR) is 77.5 cm³/mol. The molecule has 1 saturated carbocycles. The molecule has 0 heterocycles. The van der Waals surface area contributed by atoms with E-state index in [1.807, 2.05) is 0 Å². The van der Waals surface area contributed by atoms with E-state index < -0.39 is 0 Å². The van der Waals surface area contributed by atoms with Crippen molar-refractivity contribution in [2.75, 3.05) is 20.1 Å². The summed E-state index contributed by atoms with van der Waals surface area (Å²) in [7, 11) is 2.22. The fourth-order valence-corrected chi connectivity index (χ4v) is 2.66. The average Bonchev–Trinajstić information content (AvgIpc) is 3.02. The van der Waals surface area contributed by atoms with E-state index in [9.17, 15) is 0 Å². The molecule has 0 bridgehead atoms. The van der Waals surface area contributed by atoms with Crippen molar-refractivity contribution in [3.8, 4) is 0 Å². The van der Waals surface area contributed by atoms with Gasteiger partial charge in [0.2, 0.25) is 0 Å². The lowest BCUT2D eigenvalue weighted by Gasteiger charge is -2.20. The van der Waals surface area contributed by atoms with Crippen molar-refractivity contribution in [1.29, 1.82) is 0 Å². The number of benzene rings is 1. The summed E-state index contributed by atoms with van der Waals surface area (Å²) < 4.78 is 0. The van der Waals surface area contributed by atoms with E-state index in [-0.39, 0.29) is 6.04 Å². The summed E-state index contributed by atoms with van der Waals surface area (Å²) >= 11 is 0. The molecular formula is C16H26N2. The minimum atomic E-state index is 0.172.